The van der Waals surface area contributed by atoms with Crippen LogP contribution in [-0.2, 0) is 0 Å². The summed E-state index contributed by atoms with van der Waals surface area (Å²) in [5.74, 6) is 2.50. The van der Waals surface area contributed by atoms with E-state index in [1.165, 1.54) is 83.5 Å². The maximum absolute atomic E-state index is 10.9. The van der Waals surface area contributed by atoms with Crippen LogP contribution >= 0.6 is 0 Å². The number of hydrogen-bond acceptors (Lipinski definition) is 5. The van der Waals surface area contributed by atoms with Gasteiger partial charge in [0.1, 0.15) is 12.1 Å². The molecule has 0 aromatic rings. The van der Waals surface area contributed by atoms with E-state index in [1.807, 2.05) is 4.90 Å². The van der Waals surface area contributed by atoms with E-state index in [0.717, 1.165) is 24.8 Å². The third kappa shape index (κ3) is 4.94. The molecule has 13 atom stereocenters. The van der Waals surface area contributed by atoms with Gasteiger partial charge in [-0.3, -0.25) is 0 Å². The van der Waals surface area contributed by atoms with Crippen molar-refractivity contribution >= 4 is 0 Å². The lowest BCUT2D eigenvalue weighted by atomic mass is 9.67. The number of nitrogens with two attached hydrogens (primary N) is 1. The molecule has 5 saturated carbocycles. The fourth-order valence-corrected chi connectivity index (χ4v) is 9.88. The van der Waals surface area contributed by atoms with Crippen LogP contribution in [0.25, 0.3) is 0 Å². The third-order valence-corrected chi connectivity index (χ3v) is 12.0. The lowest BCUT2D eigenvalue weighted by molar-refractivity contribution is -0.984. The normalized spacial score (nSPS) is 52.4. The average molecular weight is 501 g/mol. The number of aliphatic hydroxyl groups is 1. The summed E-state index contributed by atoms with van der Waals surface area (Å²) in [7, 11) is 0. The predicted molar refractivity (Wildman–Crippen MR) is 144 cm³/mol. The van der Waals surface area contributed by atoms with Gasteiger partial charge in [0, 0.05) is 18.9 Å². The molecular weight excluding hydrogens is 446 g/mol. The predicted octanol–water partition coefficient (Wildman–Crippen LogP) is 3.62. The van der Waals surface area contributed by atoms with Crippen molar-refractivity contribution < 1.29 is 10.0 Å². The van der Waals surface area contributed by atoms with Crippen LogP contribution in [0.2, 0.25) is 0 Å². The molecule has 1 aliphatic heterocycles. The minimum atomic E-state index is -0.285. The summed E-state index contributed by atoms with van der Waals surface area (Å²) < 4.78 is 0. The molecule has 6 heteroatoms. The standard InChI is InChI=1S/C30H53N5O/c1-18-14-25-27(16-23(18)31)35(21-9-4-3-5-10-21)28-17-24(19(2)15-26(28)32-25)33-34-30-22-11-7-6-8-20(22)12-13-29(30)36/h18-30,32,36H,3-17,31H2,1-2H3/p+1. The van der Waals surface area contributed by atoms with E-state index in [-0.39, 0.29) is 12.1 Å². The molecule has 5 N–H and O–H groups in total. The number of nitrogens with one attached hydrogen (secondary N) is 2. The highest BCUT2D eigenvalue weighted by Gasteiger charge is 2.54. The minimum Gasteiger partial charge on any atom is -0.391 e. The molecule has 6 nitrogen and oxygen atoms in total. The van der Waals surface area contributed by atoms with Crippen LogP contribution in [0.15, 0.2) is 10.2 Å². The highest BCUT2D eigenvalue weighted by Crippen LogP contribution is 2.42. The number of aliphatic hydroxyl groups excluding tert-OH is 1. The third-order valence-electron chi connectivity index (χ3n) is 12.0. The molecular formula is C30H54N5O+. The number of piperazine rings is 1. The zero-order valence-electron chi connectivity index (χ0n) is 23.0. The second-order valence-corrected chi connectivity index (χ2v) is 14.1. The summed E-state index contributed by atoms with van der Waals surface area (Å²) >= 11 is 0. The van der Waals surface area contributed by atoms with E-state index < -0.39 is 0 Å². The molecule has 0 amide bonds. The first-order valence-electron chi connectivity index (χ1n) is 16.0. The number of rotatable bonds is 3. The van der Waals surface area contributed by atoms with E-state index >= 15 is 0 Å². The quantitative estimate of drug-likeness (QED) is 0.447. The molecule has 5 aliphatic carbocycles. The Bertz CT molecular complexity index is 770. The lowest BCUT2D eigenvalue weighted by Crippen LogP contribution is -3.27. The van der Waals surface area contributed by atoms with E-state index in [4.69, 9.17) is 16.0 Å². The summed E-state index contributed by atoms with van der Waals surface area (Å²) in [6.07, 6.45) is 18.9. The second-order valence-electron chi connectivity index (χ2n) is 14.1. The zero-order valence-corrected chi connectivity index (χ0v) is 23.0. The fraction of sp³-hybridized carbons (Fsp3) is 1.00. The molecule has 0 radical (unpaired) electrons. The van der Waals surface area contributed by atoms with Gasteiger partial charge in [0.2, 0.25) is 0 Å². The van der Waals surface area contributed by atoms with Gasteiger partial charge in [-0.25, -0.2) is 0 Å². The van der Waals surface area contributed by atoms with Crippen molar-refractivity contribution in [2.75, 3.05) is 0 Å². The Morgan fingerprint density at radius 2 is 1.44 bits per heavy atom. The molecule has 204 valence electrons. The van der Waals surface area contributed by atoms with Crippen LogP contribution in [0.1, 0.15) is 110 Å². The van der Waals surface area contributed by atoms with Crippen LogP contribution in [0.3, 0.4) is 0 Å². The minimum absolute atomic E-state index is 0.0439. The Balaban J connectivity index is 1.22. The van der Waals surface area contributed by atoms with Gasteiger partial charge in [-0.2, -0.15) is 10.2 Å². The molecule has 13 unspecified atom stereocenters. The van der Waals surface area contributed by atoms with Crippen molar-refractivity contribution in [3.63, 3.8) is 0 Å². The van der Waals surface area contributed by atoms with E-state index in [1.54, 1.807) is 0 Å². The first-order chi connectivity index (χ1) is 17.5. The SMILES string of the molecule is CC1CC2NC3CC(C)C(N=NC4C(O)CCC5CCCCC54)CC3[NH+](C3CCCCC3)C2CC1N. The van der Waals surface area contributed by atoms with Crippen molar-refractivity contribution in [2.24, 2.45) is 39.6 Å². The summed E-state index contributed by atoms with van der Waals surface area (Å²) in [5, 5.41) is 25.2. The largest absolute Gasteiger partial charge is 0.391 e. The number of quaternary nitrogens is 1. The molecule has 6 rings (SSSR count). The van der Waals surface area contributed by atoms with Crippen molar-refractivity contribution in [1.82, 2.24) is 5.32 Å². The van der Waals surface area contributed by atoms with Gasteiger partial charge in [0.25, 0.3) is 0 Å². The van der Waals surface area contributed by atoms with E-state index in [2.05, 4.69) is 19.2 Å². The molecule has 0 aromatic heterocycles. The molecule has 6 fully saturated rings. The molecule has 1 heterocycles. The van der Waals surface area contributed by atoms with Crippen molar-refractivity contribution in [3.8, 4) is 0 Å². The molecule has 0 spiro atoms. The maximum atomic E-state index is 10.9. The Kier molecular flexibility index (Phi) is 7.78. The van der Waals surface area contributed by atoms with Gasteiger partial charge in [0.15, 0.2) is 0 Å². The van der Waals surface area contributed by atoms with Crippen LogP contribution in [0, 0.1) is 23.7 Å². The number of hydrogen-bond donors (Lipinski definition) is 4. The van der Waals surface area contributed by atoms with Gasteiger partial charge in [-0.15, -0.1) is 0 Å². The monoisotopic (exact) mass is 500 g/mol. The van der Waals surface area contributed by atoms with Crippen LogP contribution in [0.4, 0.5) is 0 Å². The first kappa shape index (κ1) is 25.7. The van der Waals surface area contributed by atoms with Gasteiger partial charge in [0.05, 0.1) is 36.3 Å². The highest BCUT2D eigenvalue weighted by atomic mass is 16.3. The van der Waals surface area contributed by atoms with Gasteiger partial charge in [-0.1, -0.05) is 39.5 Å². The Hall–Kier alpha value is -0.560. The van der Waals surface area contributed by atoms with Crippen LogP contribution in [-0.4, -0.2) is 59.5 Å². The fourth-order valence-electron chi connectivity index (χ4n) is 9.88. The smallest absolute Gasteiger partial charge is 0.106 e. The number of azo groups is 1. The van der Waals surface area contributed by atoms with Gasteiger partial charge >= 0.3 is 0 Å². The van der Waals surface area contributed by atoms with Crippen molar-refractivity contribution in [3.05, 3.63) is 0 Å². The first-order valence-corrected chi connectivity index (χ1v) is 16.0. The summed E-state index contributed by atoms with van der Waals surface area (Å²) in [6.45, 7) is 4.78. The van der Waals surface area contributed by atoms with E-state index in [0.29, 0.717) is 54.0 Å². The average Bonchev–Trinajstić information content (AvgIpc) is 2.88. The molecule has 0 aromatic carbocycles. The molecule has 6 aliphatic rings. The second kappa shape index (κ2) is 10.9. The van der Waals surface area contributed by atoms with E-state index in [9.17, 15) is 5.11 Å². The molecule has 1 saturated heterocycles. The highest BCUT2D eigenvalue weighted by molar-refractivity contribution is 5.02. The van der Waals surface area contributed by atoms with Gasteiger partial charge in [-0.05, 0) is 81.5 Å². The van der Waals surface area contributed by atoms with Crippen molar-refractivity contribution in [2.45, 2.75) is 165 Å². The summed E-state index contributed by atoms with van der Waals surface area (Å²) in [5.41, 5.74) is 6.69. The van der Waals surface area contributed by atoms with Crippen LogP contribution < -0.4 is 16.0 Å². The topological polar surface area (TPSA) is 87.4 Å². The lowest BCUT2D eigenvalue weighted by Gasteiger charge is -2.57. The Morgan fingerprint density at radius 1 is 0.750 bits per heavy atom. The summed E-state index contributed by atoms with van der Waals surface area (Å²) in [4.78, 5) is 1.91. The molecule has 36 heavy (non-hydrogen) atoms. The maximum Gasteiger partial charge on any atom is 0.106 e. The number of nitrogens with zero attached hydrogens (tertiary/aromatic N) is 2. The Morgan fingerprint density at radius 3 is 2.25 bits per heavy atom. The Labute approximate surface area is 219 Å². The van der Waals surface area contributed by atoms with Crippen LogP contribution in [0.5, 0.6) is 0 Å². The van der Waals surface area contributed by atoms with Gasteiger partial charge < -0.3 is 21.1 Å². The number of fused-ring (bicyclic) bond motifs is 3. The molecule has 0 bridgehead atoms. The van der Waals surface area contributed by atoms with Crippen molar-refractivity contribution in [1.29, 1.82) is 0 Å². The summed E-state index contributed by atoms with van der Waals surface area (Å²) in [6, 6.07) is 4.02. The zero-order chi connectivity index (χ0) is 24.8.